The van der Waals surface area contributed by atoms with Gasteiger partial charge < -0.3 is 5.32 Å². The molecule has 0 heterocycles. The van der Waals surface area contributed by atoms with Crippen molar-refractivity contribution in [2.45, 2.75) is 59.4 Å². The van der Waals surface area contributed by atoms with Crippen LogP contribution < -0.4 is 5.32 Å². The SMILES string of the molecule is CCC(CC)CC(CNC(C)C)Cc1cccc(Br)c1. The Morgan fingerprint density at radius 2 is 1.80 bits per heavy atom. The molecule has 1 rings (SSSR count). The first kappa shape index (κ1) is 17.7. The van der Waals surface area contributed by atoms with Crippen molar-refractivity contribution >= 4 is 15.9 Å². The average Bonchev–Trinajstić information content (AvgIpc) is 2.41. The van der Waals surface area contributed by atoms with Gasteiger partial charge in [-0.2, -0.15) is 0 Å². The third-order valence-corrected chi connectivity index (χ3v) is 4.54. The summed E-state index contributed by atoms with van der Waals surface area (Å²) in [5.74, 6) is 1.60. The molecule has 0 spiro atoms. The first-order chi connectivity index (χ1) is 9.55. The summed E-state index contributed by atoms with van der Waals surface area (Å²) >= 11 is 3.58. The highest BCUT2D eigenvalue weighted by molar-refractivity contribution is 9.10. The molecule has 1 aromatic carbocycles. The van der Waals surface area contributed by atoms with Crippen LogP contribution >= 0.6 is 15.9 Å². The first-order valence-corrected chi connectivity index (χ1v) is 8.82. The molecular formula is C18H30BrN. The minimum Gasteiger partial charge on any atom is -0.314 e. The van der Waals surface area contributed by atoms with Crippen molar-refractivity contribution in [1.29, 1.82) is 0 Å². The fourth-order valence-electron chi connectivity index (χ4n) is 2.73. The smallest absolute Gasteiger partial charge is 0.0177 e. The Labute approximate surface area is 133 Å². The molecule has 1 unspecified atom stereocenters. The molecule has 2 heteroatoms. The summed E-state index contributed by atoms with van der Waals surface area (Å²) in [7, 11) is 0. The summed E-state index contributed by atoms with van der Waals surface area (Å²) < 4.78 is 1.19. The Kier molecular flexibility index (Phi) is 8.47. The first-order valence-electron chi connectivity index (χ1n) is 8.02. The van der Waals surface area contributed by atoms with E-state index in [2.05, 4.69) is 73.2 Å². The van der Waals surface area contributed by atoms with Gasteiger partial charge in [-0.25, -0.2) is 0 Å². The number of hydrogen-bond donors (Lipinski definition) is 1. The topological polar surface area (TPSA) is 12.0 Å². The lowest BCUT2D eigenvalue weighted by molar-refractivity contribution is 0.331. The van der Waals surface area contributed by atoms with E-state index in [-0.39, 0.29) is 0 Å². The lowest BCUT2D eigenvalue weighted by Crippen LogP contribution is -2.31. The van der Waals surface area contributed by atoms with E-state index in [1.807, 2.05) is 0 Å². The van der Waals surface area contributed by atoms with Gasteiger partial charge in [-0.1, -0.05) is 68.6 Å². The second-order valence-corrected chi connectivity index (χ2v) is 7.10. The zero-order valence-corrected chi connectivity index (χ0v) is 15.0. The number of rotatable bonds is 9. The van der Waals surface area contributed by atoms with E-state index in [1.165, 1.54) is 35.7 Å². The van der Waals surface area contributed by atoms with Gasteiger partial charge in [-0.05, 0) is 48.9 Å². The number of nitrogens with one attached hydrogen (secondary N) is 1. The summed E-state index contributed by atoms with van der Waals surface area (Å²) in [5, 5.41) is 3.62. The lowest BCUT2D eigenvalue weighted by Gasteiger charge is -2.23. The Balaban J connectivity index is 2.65. The molecule has 1 nitrogen and oxygen atoms in total. The van der Waals surface area contributed by atoms with E-state index >= 15 is 0 Å². The van der Waals surface area contributed by atoms with Crippen LogP contribution in [-0.2, 0) is 6.42 Å². The van der Waals surface area contributed by atoms with Crippen LogP contribution in [0.3, 0.4) is 0 Å². The van der Waals surface area contributed by atoms with Gasteiger partial charge in [-0.3, -0.25) is 0 Å². The summed E-state index contributed by atoms with van der Waals surface area (Å²) in [6.07, 6.45) is 5.11. The van der Waals surface area contributed by atoms with E-state index in [0.717, 1.165) is 18.4 Å². The monoisotopic (exact) mass is 339 g/mol. The van der Waals surface area contributed by atoms with E-state index in [9.17, 15) is 0 Å². The fourth-order valence-corrected chi connectivity index (χ4v) is 3.18. The maximum absolute atomic E-state index is 3.62. The molecule has 0 saturated carbocycles. The molecule has 0 radical (unpaired) electrons. The number of halogens is 1. The van der Waals surface area contributed by atoms with Crippen LogP contribution in [0.15, 0.2) is 28.7 Å². The second-order valence-electron chi connectivity index (χ2n) is 6.18. The van der Waals surface area contributed by atoms with Crippen molar-refractivity contribution < 1.29 is 0 Å². The highest BCUT2D eigenvalue weighted by Gasteiger charge is 2.15. The van der Waals surface area contributed by atoms with Gasteiger partial charge in [0, 0.05) is 10.5 Å². The fraction of sp³-hybridized carbons (Fsp3) is 0.667. The van der Waals surface area contributed by atoms with E-state index in [4.69, 9.17) is 0 Å². The summed E-state index contributed by atoms with van der Waals surface area (Å²) in [4.78, 5) is 0. The van der Waals surface area contributed by atoms with Gasteiger partial charge in [0.2, 0.25) is 0 Å². The van der Waals surface area contributed by atoms with Crippen LogP contribution in [0.5, 0.6) is 0 Å². The molecule has 114 valence electrons. The van der Waals surface area contributed by atoms with Gasteiger partial charge >= 0.3 is 0 Å². The summed E-state index contributed by atoms with van der Waals surface area (Å²) in [6, 6.07) is 9.33. The largest absolute Gasteiger partial charge is 0.314 e. The molecule has 0 saturated heterocycles. The van der Waals surface area contributed by atoms with Crippen LogP contribution in [0.25, 0.3) is 0 Å². The van der Waals surface area contributed by atoms with Crippen LogP contribution in [-0.4, -0.2) is 12.6 Å². The molecule has 0 fully saturated rings. The molecule has 1 aromatic rings. The molecule has 1 atom stereocenters. The predicted molar refractivity (Wildman–Crippen MR) is 93.2 cm³/mol. The van der Waals surface area contributed by atoms with Crippen LogP contribution in [0.4, 0.5) is 0 Å². The lowest BCUT2D eigenvalue weighted by atomic mass is 9.86. The summed E-state index contributed by atoms with van der Waals surface area (Å²) in [6.45, 7) is 10.2. The van der Waals surface area contributed by atoms with Crippen LogP contribution in [0.2, 0.25) is 0 Å². The van der Waals surface area contributed by atoms with Gasteiger partial charge in [0.15, 0.2) is 0 Å². The highest BCUT2D eigenvalue weighted by Crippen LogP contribution is 2.23. The third kappa shape index (κ3) is 6.90. The molecule has 0 amide bonds. The van der Waals surface area contributed by atoms with Crippen LogP contribution in [0.1, 0.15) is 52.5 Å². The Morgan fingerprint density at radius 3 is 2.35 bits per heavy atom. The predicted octanol–water partition coefficient (Wildman–Crippen LogP) is 5.43. The molecule has 0 aliphatic carbocycles. The van der Waals surface area contributed by atoms with Gasteiger partial charge in [0.05, 0.1) is 0 Å². The van der Waals surface area contributed by atoms with Crippen molar-refractivity contribution in [3.63, 3.8) is 0 Å². The highest BCUT2D eigenvalue weighted by atomic mass is 79.9. The summed E-state index contributed by atoms with van der Waals surface area (Å²) in [5.41, 5.74) is 1.45. The average molecular weight is 340 g/mol. The normalized spacial score (nSPS) is 13.2. The van der Waals surface area contributed by atoms with Crippen molar-refractivity contribution in [3.8, 4) is 0 Å². The van der Waals surface area contributed by atoms with E-state index < -0.39 is 0 Å². The Hall–Kier alpha value is -0.340. The van der Waals surface area contributed by atoms with Crippen molar-refractivity contribution in [1.82, 2.24) is 5.32 Å². The maximum atomic E-state index is 3.62. The quantitative estimate of drug-likeness (QED) is 0.632. The van der Waals surface area contributed by atoms with E-state index in [0.29, 0.717) is 6.04 Å². The molecular weight excluding hydrogens is 310 g/mol. The van der Waals surface area contributed by atoms with Gasteiger partial charge in [0.25, 0.3) is 0 Å². The molecule has 0 bridgehead atoms. The minimum absolute atomic E-state index is 0.571. The van der Waals surface area contributed by atoms with Gasteiger partial charge in [0.1, 0.15) is 0 Å². The molecule has 0 aromatic heterocycles. The maximum Gasteiger partial charge on any atom is 0.0177 e. The zero-order chi connectivity index (χ0) is 15.0. The Morgan fingerprint density at radius 1 is 1.10 bits per heavy atom. The zero-order valence-electron chi connectivity index (χ0n) is 13.5. The van der Waals surface area contributed by atoms with Crippen molar-refractivity contribution in [2.75, 3.05) is 6.54 Å². The number of hydrogen-bond acceptors (Lipinski definition) is 1. The van der Waals surface area contributed by atoms with Gasteiger partial charge in [-0.15, -0.1) is 0 Å². The minimum atomic E-state index is 0.571. The standard InChI is InChI=1S/C18H30BrN/c1-5-15(6-2)10-17(13-20-14(3)4)11-16-8-7-9-18(19)12-16/h7-9,12,14-15,17,20H,5-6,10-11,13H2,1-4H3. The number of benzene rings is 1. The van der Waals surface area contributed by atoms with Crippen molar-refractivity contribution in [2.24, 2.45) is 11.8 Å². The molecule has 20 heavy (non-hydrogen) atoms. The van der Waals surface area contributed by atoms with Crippen LogP contribution in [0, 0.1) is 11.8 Å². The van der Waals surface area contributed by atoms with E-state index in [1.54, 1.807) is 0 Å². The Bertz CT molecular complexity index is 371. The molecule has 0 aliphatic rings. The molecule has 1 N–H and O–H groups in total. The third-order valence-electron chi connectivity index (χ3n) is 4.05. The molecule has 0 aliphatic heterocycles. The van der Waals surface area contributed by atoms with Crippen molar-refractivity contribution in [3.05, 3.63) is 34.3 Å². The second kappa shape index (κ2) is 9.57.